The molecule has 0 N–H and O–H groups in total. The van der Waals surface area contributed by atoms with E-state index < -0.39 is 11.9 Å². The molecule has 0 saturated carbocycles. The third-order valence-corrected chi connectivity index (χ3v) is 6.16. The Kier molecular flexibility index (Phi) is 5.76. The zero-order valence-corrected chi connectivity index (χ0v) is 18.7. The molecule has 4 rings (SSSR count). The van der Waals surface area contributed by atoms with Gasteiger partial charge in [0.15, 0.2) is 0 Å². The Hall–Kier alpha value is -2.85. The maximum absolute atomic E-state index is 12.2. The van der Waals surface area contributed by atoms with Crippen LogP contribution in [0.3, 0.4) is 0 Å². The fraction of sp³-hybridized carbons (Fsp3) is 0.308. The monoisotopic (exact) mass is 436 g/mol. The van der Waals surface area contributed by atoms with Gasteiger partial charge in [0, 0.05) is 51.8 Å². The number of hydrogen-bond acceptors (Lipinski definition) is 4. The highest BCUT2D eigenvalue weighted by Crippen LogP contribution is 2.61. The van der Waals surface area contributed by atoms with E-state index in [0.717, 1.165) is 36.5 Å². The van der Waals surface area contributed by atoms with Gasteiger partial charge in [-0.2, -0.15) is 0 Å². The average Bonchev–Trinajstić information content (AvgIpc) is 3.28. The second-order valence-corrected chi connectivity index (χ2v) is 8.79. The third kappa shape index (κ3) is 3.92. The molecular formula is C26H25ClO4. The van der Waals surface area contributed by atoms with E-state index in [1.807, 2.05) is 6.07 Å². The smallest absolute Gasteiger partial charge is 0.335 e. The molecule has 0 spiro atoms. The summed E-state index contributed by atoms with van der Waals surface area (Å²) in [6, 6.07) is 5.32. The molecule has 2 aliphatic rings. The van der Waals surface area contributed by atoms with Gasteiger partial charge >= 0.3 is 11.9 Å². The Morgan fingerprint density at radius 1 is 1.13 bits per heavy atom. The first kappa shape index (κ1) is 21.4. The summed E-state index contributed by atoms with van der Waals surface area (Å²) in [6.07, 6.45) is 8.48. The number of benzene rings is 2. The highest BCUT2D eigenvalue weighted by Gasteiger charge is 2.43. The van der Waals surface area contributed by atoms with E-state index in [0.29, 0.717) is 27.3 Å². The van der Waals surface area contributed by atoms with Crippen molar-refractivity contribution in [3.8, 4) is 11.5 Å². The minimum Gasteiger partial charge on any atom is -0.426 e. The predicted molar refractivity (Wildman–Crippen MR) is 123 cm³/mol. The van der Waals surface area contributed by atoms with Crippen LogP contribution < -0.4 is 9.47 Å². The normalized spacial score (nSPS) is 18.4. The number of carbonyl (C=O) groups excluding carboxylic acids is 2. The lowest BCUT2D eigenvalue weighted by Crippen LogP contribution is -2.12. The van der Waals surface area contributed by atoms with Crippen LogP contribution in [0.15, 0.2) is 54.2 Å². The van der Waals surface area contributed by atoms with Gasteiger partial charge in [0.05, 0.1) is 0 Å². The first-order valence-corrected chi connectivity index (χ1v) is 10.8. The van der Waals surface area contributed by atoms with Crippen LogP contribution in [0.2, 0.25) is 5.02 Å². The van der Waals surface area contributed by atoms with Crippen molar-refractivity contribution in [2.45, 2.75) is 51.9 Å². The molecule has 31 heavy (non-hydrogen) atoms. The molecule has 2 aliphatic carbocycles. The zero-order chi connectivity index (χ0) is 22.3. The standard InChI is InChI=1S/C26H25ClO4/c1-5-22(29)31-25-19-10-9-18(27)13-21(19)26(30-15(4)28)23-17-11-16(8-6-7-14(2)3)20(12-17)24(23)25/h5,7,9-11,13,17,20H,1,6,8,12H2,2-4H3. The molecule has 0 fully saturated rings. The molecule has 0 saturated heterocycles. The Balaban J connectivity index is 1.92. The van der Waals surface area contributed by atoms with Crippen molar-refractivity contribution in [2.24, 2.45) is 0 Å². The SMILES string of the molecule is C=CC(=O)Oc1c2c(c(OC(C)=O)c3cc(Cl)ccc13)C1C=C(CCC=C(C)C)C2C1. The summed E-state index contributed by atoms with van der Waals surface area (Å²) in [4.78, 5) is 24.2. The van der Waals surface area contributed by atoms with Crippen LogP contribution >= 0.6 is 11.6 Å². The average molecular weight is 437 g/mol. The summed E-state index contributed by atoms with van der Waals surface area (Å²) in [5.74, 6) is 0.368. The molecular weight excluding hydrogens is 412 g/mol. The van der Waals surface area contributed by atoms with Gasteiger partial charge in [-0.1, -0.05) is 41.5 Å². The minimum absolute atomic E-state index is 0.112. The zero-order valence-electron chi connectivity index (χ0n) is 18.0. The van der Waals surface area contributed by atoms with Crippen LogP contribution in [0.5, 0.6) is 11.5 Å². The summed E-state index contributed by atoms with van der Waals surface area (Å²) in [5, 5.41) is 1.88. The molecule has 4 nitrogen and oxygen atoms in total. The van der Waals surface area contributed by atoms with Gasteiger partial charge in [0.25, 0.3) is 0 Å². The minimum atomic E-state index is -0.517. The van der Waals surface area contributed by atoms with Crippen molar-refractivity contribution in [2.75, 3.05) is 0 Å². The molecule has 2 bridgehead atoms. The summed E-state index contributed by atoms with van der Waals surface area (Å²) in [6.45, 7) is 9.12. The highest BCUT2D eigenvalue weighted by molar-refractivity contribution is 6.31. The molecule has 0 aromatic heterocycles. The van der Waals surface area contributed by atoms with Crippen LogP contribution in [0.1, 0.15) is 63.0 Å². The highest BCUT2D eigenvalue weighted by atomic mass is 35.5. The van der Waals surface area contributed by atoms with Crippen LogP contribution in [-0.4, -0.2) is 11.9 Å². The summed E-state index contributed by atoms with van der Waals surface area (Å²) in [5.41, 5.74) is 4.51. The molecule has 0 aliphatic heterocycles. The van der Waals surface area contributed by atoms with E-state index in [-0.39, 0.29) is 11.8 Å². The molecule has 0 heterocycles. The molecule has 2 aromatic carbocycles. The summed E-state index contributed by atoms with van der Waals surface area (Å²) >= 11 is 6.27. The second kappa shape index (κ2) is 8.35. The van der Waals surface area contributed by atoms with Crippen LogP contribution in [-0.2, 0) is 9.59 Å². The molecule has 2 aromatic rings. The fourth-order valence-electron chi connectivity index (χ4n) is 4.79. The largest absolute Gasteiger partial charge is 0.426 e. The first-order chi connectivity index (χ1) is 14.8. The number of fused-ring (bicyclic) bond motifs is 6. The number of hydrogen-bond donors (Lipinski definition) is 0. The van der Waals surface area contributed by atoms with Gasteiger partial charge in [0.1, 0.15) is 11.5 Å². The van der Waals surface area contributed by atoms with Crippen molar-refractivity contribution in [3.05, 3.63) is 70.3 Å². The topological polar surface area (TPSA) is 52.6 Å². The predicted octanol–water partition coefficient (Wildman–Crippen LogP) is 6.77. The Bertz CT molecular complexity index is 1170. The number of rotatable bonds is 6. The van der Waals surface area contributed by atoms with Crippen LogP contribution in [0.4, 0.5) is 0 Å². The summed E-state index contributed by atoms with van der Waals surface area (Å²) in [7, 11) is 0. The van der Waals surface area contributed by atoms with Gasteiger partial charge in [-0.05, 0) is 51.3 Å². The number of halogens is 1. The molecule has 2 atom stereocenters. The summed E-state index contributed by atoms with van der Waals surface area (Å²) < 4.78 is 11.5. The molecule has 2 unspecified atom stereocenters. The number of ether oxygens (including phenoxy) is 2. The van der Waals surface area contributed by atoms with Gasteiger partial charge in [-0.15, -0.1) is 0 Å². The molecule has 160 valence electrons. The van der Waals surface area contributed by atoms with E-state index in [1.54, 1.807) is 12.1 Å². The van der Waals surface area contributed by atoms with E-state index in [2.05, 4.69) is 32.6 Å². The molecule has 5 heteroatoms. The maximum atomic E-state index is 12.2. The Morgan fingerprint density at radius 2 is 1.87 bits per heavy atom. The van der Waals surface area contributed by atoms with Gasteiger partial charge in [-0.3, -0.25) is 4.79 Å². The van der Waals surface area contributed by atoms with Crippen molar-refractivity contribution < 1.29 is 19.1 Å². The maximum Gasteiger partial charge on any atom is 0.335 e. The van der Waals surface area contributed by atoms with Crippen molar-refractivity contribution in [1.82, 2.24) is 0 Å². The van der Waals surface area contributed by atoms with E-state index >= 15 is 0 Å². The van der Waals surface area contributed by atoms with Crippen molar-refractivity contribution in [3.63, 3.8) is 0 Å². The quantitative estimate of drug-likeness (QED) is 0.217. The van der Waals surface area contributed by atoms with E-state index in [9.17, 15) is 9.59 Å². The van der Waals surface area contributed by atoms with Crippen LogP contribution in [0, 0.1) is 0 Å². The number of esters is 2. The Labute approximate surface area is 187 Å². The Morgan fingerprint density at radius 3 is 2.55 bits per heavy atom. The number of carbonyl (C=O) groups is 2. The molecule has 0 amide bonds. The van der Waals surface area contributed by atoms with Crippen molar-refractivity contribution in [1.29, 1.82) is 0 Å². The van der Waals surface area contributed by atoms with Crippen LogP contribution in [0.25, 0.3) is 10.8 Å². The lowest BCUT2D eigenvalue weighted by Gasteiger charge is -2.24. The first-order valence-electron chi connectivity index (χ1n) is 10.5. The van der Waals surface area contributed by atoms with Crippen molar-refractivity contribution >= 4 is 34.3 Å². The fourth-order valence-corrected chi connectivity index (χ4v) is 4.97. The van der Waals surface area contributed by atoms with E-state index in [1.165, 1.54) is 18.1 Å². The lowest BCUT2D eigenvalue weighted by atomic mass is 9.85. The van der Waals surface area contributed by atoms with Gasteiger partial charge in [-0.25, -0.2) is 4.79 Å². The van der Waals surface area contributed by atoms with Gasteiger partial charge in [0.2, 0.25) is 0 Å². The van der Waals surface area contributed by atoms with Gasteiger partial charge < -0.3 is 9.47 Å². The second-order valence-electron chi connectivity index (χ2n) is 8.35. The lowest BCUT2D eigenvalue weighted by molar-refractivity contribution is -0.132. The number of allylic oxidation sites excluding steroid dienone is 4. The molecule has 0 radical (unpaired) electrons. The third-order valence-electron chi connectivity index (χ3n) is 5.92. The van der Waals surface area contributed by atoms with E-state index in [4.69, 9.17) is 21.1 Å².